The molecule has 6 nitrogen and oxygen atoms in total. The molecule has 0 fully saturated rings. The fraction of sp³-hybridized carbons (Fsp3) is 0. The second-order valence-electron chi connectivity index (χ2n) is 35.5. The fourth-order valence-electron chi connectivity index (χ4n) is 21.5. The highest BCUT2D eigenvalue weighted by Gasteiger charge is 2.26. The lowest BCUT2D eigenvalue weighted by molar-refractivity contribution is 0.669. The van der Waals surface area contributed by atoms with E-state index >= 15 is 0 Å². The molecule has 0 aliphatic rings. The summed E-state index contributed by atoms with van der Waals surface area (Å²) in [7, 11) is 0. The van der Waals surface area contributed by atoms with E-state index < -0.39 is 0 Å². The van der Waals surface area contributed by atoms with Gasteiger partial charge in [-0.25, -0.2) is 0 Å². The van der Waals surface area contributed by atoms with Crippen molar-refractivity contribution in [1.29, 1.82) is 0 Å². The van der Waals surface area contributed by atoms with E-state index in [4.69, 9.17) is 13.3 Å². The number of para-hydroxylation sites is 7. The van der Waals surface area contributed by atoms with Crippen LogP contribution in [0.2, 0.25) is 0 Å². The third-order valence-corrected chi connectivity index (χ3v) is 31.3. The molecule has 0 unspecified atom stereocenters. The molecule has 0 bridgehead atoms. The quantitative estimate of drug-likeness (QED) is 0.137. The van der Waals surface area contributed by atoms with Crippen LogP contribution in [0.1, 0.15) is 0 Å². The lowest BCUT2D eigenvalue weighted by Gasteiger charge is -2.09. The Morgan fingerprint density at radius 2 is 0.489 bits per heavy atom. The van der Waals surface area contributed by atoms with Gasteiger partial charge in [0.2, 0.25) is 0 Å². The summed E-state index contributed by atoms with van der Waals surface area (Å²) in [6.07, 6.45) is 0. The van der Waals surface area contributed by atoms with E-state index in [0.717, 1.165) is 77.1 Å². The molecule has 0 aliphatic carbocycles. The molecule has 30 rings (SSSR count). The molecule has 0 spiro atoms. The molecular formula is C128H77N3O3S3. The summed E-state index contributed by atoms with van der Waals surface area (Å²) in [5.41, 5.74) is 33.3. The van der Waals surface area contributed by atoms with Crippen LogP contribution in [0, 0.1) is 0 Å². The number of aromatic nitrogens is 3. The van der Waals surface area contributed by atoms with Gasteiger partial charge in [0, 0.05) is 107 Å². The number of fused-ring (bicyclic) bond motifs is 28. The Hall–Kier alpha value is -17.2. The van der Waals surface area contributed by atoms with Gasteiger partial charge in [0.15, 0.2) is 0 Å². The summed E-state index contributed by atoms with van der Waals surface area (Å²) < 4.78 is 34.6. The zero-order chi connectivity index (χ0) is 89.9. The zero-order valence-corrected chi connectivity index (χ0v) is 76.2. The number of benzene rings is 21. The van der Waals surface area contributed by atoms with Gasteiger partial charge in [0.25, 0.3) is 0 Å². The summed E-state index contributed by atoms with van der Waals surface area (Å²) in [5.74, 6) is 0. The van der Waals surface area contributed by atoms with Crippen molar-refractivity contribution in [3.05, 3.63) is 467 Å². The number of hydrogen-bond donors (Lipinski definition) is 0. The molecule has 30 aromatic rings. The highest BCUT2D eigenvalue weighted by atomic mass is 32.1. The van der Waals surface area contributed by atoms with Gasteiger partial charge in [-0.3, -0.25) is 0 Å². The third kappa shape index (κ3) is 12.8. The summed E-state index contributed by atoms with van der Waals surface area (Å²) in [6, 6.07) is 168. The highest BCUT2D eigenvalue weighted by molar-refractivity contribution is 7.27. The Bertz CT molecular complexity index is 10100. The van der Waals surface area contributed by atoms with Crippen LogP contribution in [-0.2, 0) is 0 Å². The largest absolute Gasteiger partial charge is 0.456 e. The Balaban J connectivity index is 0.000000102. The normalized spacial score (nSPS) is 11.9. The van der Waals surface area contributed by atoms with Crippen LogP contribution in [0.25, 0.3) is 276 Å². The minimum atomic E-state index is 0.907. The van der Waals surface area contributed by atoms with Crippen LogP contribution in [0.3, 0.4) is 0 Å². The zero-order valence-electron chi connectivity index (χ0n) is 73.7. The Labute approximate surface area is 797 Å². The second-order valence-corrected chi connectivity index (χ2v) is 38.7. The van der Waals surface area contributed by atoms with Gasteiger partial charge in [0.05, 0.1) is 47.2 Å². The van der Waals surface area contributed by atoms with Crippen molar-refractivity contribution in [3.63, 3.8) is 0 Å². The Morgan fingerprint density at radius 3 is 0.971 bits per heavy atom. The molecule has 0 atom stereocenters. The second kappa shape index (κ2) is 31.8. The molecule has 0 N–H and O–H groups in total. The number of rotatable bonds is 10. The predicted molar refractivity (Wildman–Crippen MR) is 583 cm³/mol. The molecule has 0 saturated heterocycles. The lowest BCUT2D eigenvalue weighted by Crippen LogP contribution is -1.92. The first-order chi connectivity index (χ1) is 67.9. The van der Waals surface area contributed by atoms with Gasteiger partial charge in [-0.15, -0.1) is 34.0 Å². The van der Waals surface area contributed by atoms with Crippen LogP contribution in [0.4, 0.5) is 0 Å². The Morgan fingerprint density at radius 1 is 0.168 bits per heavy atom. The third-order valence-electron chi connectivity index (χ3n) is 27.8. The van der Waals surface area contributed by atoms with Crippen LogP contribution in [0.15, 0.2) is 480 Å². The minimum absolute atomic E-state index is 0.907. The van der Waals surface area contributed by atoms with Crippen LogP contribution in [-0.4, -0.2) is 13.7 Å². The van der Waals surface area contributed by atoms with Crippen LogP contribution >= 0.6 is 34.0 Å². The standard InChI is InChI=1S/C44H27NOS.2C42H25NOS/c1-3-12-28(13-4-1)34-20-10-21-37-41-33(19-11-23-39(41)46-43(34)37)31-15-9-14-29(26-31)30-24-25-36-40(27-30)47-44-35-18-7-8-22-38(35)45(42(36)44)32-16-5-2-6-17-32;1-2-13-30(14-3-1)43-36-18-7-6-16-33(36)42-40(43)34-22-21-28(25-38(34)45-42)27-11-8-12-29(24-27)31-17-9-19-37-39(31)35-23-20-26-10-4-5-15-32(26)41(35)44-37;1-2-12-31(13-3-1)43-36-16-7-6-15-33(36)42-41(43)35-21-18-30(25-39(35)45-42)28-11-8-10-27(23-28)29-17-20-34-38(24-29)44-37-22-19-26-9-4-5-14-32(26)40(34)37/h1-27H;2*1-25H. The van der Waals surface area contributed by atoms with Crippen LogP contribution in [0.5, 0.6) is 0 Å². The summed E-state index contributed by atoms with van der Waals surface area (Å²) in [5, 5.41) is 19.5. The maximum Gasteiger partial charge on any atom is 0.143 e. The maximum atomic E-state index is 6.56. The fourth-order valence-corrected chi connectivity index (χ4v) is 25.3. The van der Waals surface area contributed by atoms with E-state index in [1.165, 1.54) is 199 Å². The van der Waals surface area contributed by atoms with Gasteiger partial charge in [-0.2, -0.15) is 0 Å². The van der Waals surface area contributed by atoms with E-state index in [1.807, 2.05) is 34.0 Å². The predicted octanol–water partition coefficient (Wildman–Crippen LogP) is 37.7. The minimum Gasteiger partial charge on any atom is -0.456 e. The van der Waals surface area contributed by atoms with Gasteiger partial charge < -0.3 is 27.0 Å². The monoisotopic (exact) mass is 1800 g/mol. The smallest absolute Gasteiger partial charge is 0.143 e. The number of hydrogen-bond acceptors (Lipinski definition) is 6. The van der Waals surface area contributed by atoms with Crippen LogP contribution < -0.4 is 0 Å². The average molecular weight is 1800 g/mol. The molecule has 137 heavy (non-hydrogen) atoms. The van der Waals surface area contributed by atoms with E-state index in [2.05, 4.69) is 481 Å². The molecule has 0 amide bonds. The van der Waals surface area contributed by atoms with E-state index in [9.17, 15) is 0 Å². The number of furan rings is 3. The lowest BCUT2D eigenvalue weighted by atomic mass is 9.95. The SMILES string of the molecule is c1ccc(-c2cccc3c2oc2cccc(-c4cccc(-c5ccc6c(c5)sc5c7ccccc7n(-c7ccccc7)c65)c4)c23)cc1.c1ccc(-n2c3ccccc3c3sc4cc(-c5cccc(-c6ccc7c(c6)oc6ccc8ccccc8c67)c5)ccc4c32)cc1.c1ccc(-n2c3ccccc3c3sc4cc(-c5cccc(-c6cccc7oc8c9ccccc9ccc8c67)c5)ccc4c32)cc1. The van der Waals surface area contributed by atoms with Crippen molar-refractivity contribution in [1.82, 2.24) is 13.7 Å². The Kier molecular flexibility index (Phi) is 18.2. The molecule has 640 valence electrons. The van der Waals surface area contributed by atoms with Crippen molar-refractivity contribution in [2.75, 3.05) is 0 Å². The average Bonchev–Trinajstić information content (AvgIpc) is 1.57. The van der Waals surface area contributed by atoms with Crippen molar-refractivity contribution >= 4 is 215 Å². The van der Waals surface area contributed by atoms with Gasteiger partial charge >= 0.3 is 0 Å². The summed E-state index contributed by atoms with van der Waals surface area (Å²) >= 11 is 5.66. The molecule has 9 aromatic heterocycles. The van der Waals surface area contributed by atoms with E-state index in [0.29, 0.717) is 0 Å². The first-order valence-electron chi connectivity index (χ1n) is 46.5. The van der Waals surface area contributed by atoms with Crippen molar-refractivity contribution < 1.29 is 13.3 Å². The topological polar surface area (TPSA) is 54.2 Å². The molecule has 0 aliphatic heterocycles. The molecule has 9 heterocycles. The van der Waals surface area contributed by atoms with Crippen molar-refractivity contribution in [2.45, 2.75) is 0 Å². The molecule has 21 aromatic carbocycles. The van der Waals surface area contributed by atoms with E-state index in [-0.39, 0.29) is 0 Å². The number of nitrogens with zero attached hydrogens (tertiary/aromatic N) is 3. The first kappa shape index (κ1) is 78.5. The maximum absolute atomic E-state index is 6.56. The van der Waals surface area contributed by atoms with Gasteiger partial charge in [-0.1, -0.05) is 340 Å². The molecule has 0 saturated carbocycles. The molecule has 9 heteroatoms. The molecule has 0 radical (unpaired) electrons. The van der Waals surface area contributed by atoms with Gasteiger partial charge in [0.1, 0.15) is 33.5 Å². The molecular weight excluding hydrogens is 1720 g/mol. The summed E-state index contributed by atoms with van der Waals surface area (Å²) in [4.78, 5) is 0. The summed E-state index contributed by atoms with van der Waals surface area (Å²) in [6.45, 7) is 0. The highest BCUT2D eigenvalue weighted by Crippen LogP contribution is 2.51. The van der Waals surface area contributed by atoms with Crippen molar-refractivity contribution in [2.24, 2.45) is 0 Å². The number of thiophene rings is 3. The first-order valence-corrected chi connectivity index (χ1v) is 48.9. The van der Waals surface area contributed by atoms with Gasteiger partial charge in [-0.05, 0) is 216 Å². The van der Waals surface area contributed by atoms with Crippen molar-refractivity contribution in [3.8, 4) is 95.0 Å². The van der Waals surface area contributed by atoms with E-state index in [1.54, 1.807) is 0 Å².